The van der Waals surface area contributed by atoms with Crippen molar-refractivity contribution in [1.29, 1.82) is 0 Å². The Kier molecular flexibility index (Phi) is 4.58. The zero-order chi connectivity index (χ0) is 15.6. The Morgan fingerprint density at radius 1 is 1.24 bits per heavy atom. The van der Waals surface area contributed by atoms with Gasteiger partial charge in [-0.1, -0.05) is 13.8 Å². The number of halogens is 3. The summed E-state index contributed by atoms with van der Waals surface area (Å²) in [6, 6.07) is 0. The fourth-order valence-electron chi connectivity index (χ4n) is 2.79. The largest absolute Gasteiger partial charge is 0.391 e. The molecule has 1 aromatic heterocycles. The Morgan fingerprint density at radius 2 is 1.86 bits per heavy atom. The topological polar surface area (TPSA) is 41.1 Å². The first-order valence-corrected chi connectivity index (χ1v) is 7.19. The molecule has 118 valence electrons. The second-order valence-corrected chi connectivity index (χ2v) is 5.67. The van der Waals surface area contributed by atoms with E-state index in [2.05, 4.69) is 15.3 Å². The third kappa shape index (κ3) is 3.39. The van der Waals surface area contributed by atoms with Gasteiger partial charge < -0.3 is 10.2 Å². The van der Waals surface area contributed by atoms with E-state index in [4.69, 9.17) is 0 Å². The van der Waals surface area contributed by atoms with Crippen LogP contribution in [0.4, 0.5) is 24.8 Å². The minimum Gasteiger partial charge on any atom is -0.373 e. The monoisotopic (exact) mass is 302 g/mol. The van der Waals surface area contributed by atoms with Crippen LogP contribution in [0, 0.1) is 5.92 Å². The van der Waals surface area contributed by atoms with Gasteiger partial charge in [-0.05, 0) is 18.8 Å². The number of aromatic nitrogens is 2. The molecule has 0 spiro atoms. The number of piperidine rings is 1. The molecule has 1 N–H and O–H groups in total. The van der Waals surface area contributed by atoms with E-state index in [-0.39, 0.29) is 18.8 Å². The third-order valence-electron chi connectivity index (χ3n) is 3.93. The summed E-state index contributed by atoms with van der Waals surface area (Å²) in [6.45, 7) is 4.82. The number of hydrogen-bond acceptors (Lipinski definition) is 4. The van der Waals surface area contributed by atoms with Crippen molar-refractivity contribution in [2.75, 3.05) is 30.4 Å². The van der Waals surface area contributed by atoms with Gasteiger partial charge in [0.15, 0.2) is 0 Å². The molecule has 1 fully saturated rings. The molecule has 7 heteroatoms. The van der Waals surface area contributed by atoms with E-state index >= 15 is 0 Å². The fraction of sp³-hybridized carbons (Fsp3) is 0.714. The molecule has 1 saturated heterocycles. The molecule has 1 aliphatic rings. The van der Waals surface area contributed by atoms with Crippen molar-refractivity contribution in [3.05, 3.63) is 11.9 Å². The van der Waals surface area contributed by atoms with Gasteiger partial charge in [0.25, 0.3) is 0 Å². The van der Waals surface area contributed by atoms with Crippen LogP contribution >= 0.6 is 0 Å². The molecular weight excluding hydrogens is 281 g/mol. The number of rotatable bonds is 3. The summed E-state index contributed by atoms with van der Waals surface area (Å²) in [4.78, 5) is 10.5. The van der Waals surface area contributed by atoms with Gasteiger partial charge in [0.1, 0.15) is 18.0 Å². The molecule has 0 aromatic carbocycles. The van der Waals surface area contributed by atoms with Crippen LogP contribution in [0.2, 0.25) is 0 Å². The van der Waals surface area contributed by atoms with Crippen molar-refractivity contribution in [1.82, 2.24) is 9.97 Å². The van der Waals surface area contributed by atoms with E-state index in [1.54, 1.807) is 7.05 Å². The van der Waals surface area contributed by atoms with Gasteiger partial charge in [0.05, 0.1) is 5.92 Å². The van der Waals surface area contributed by atoms with E-state index < -0.39 is 12.1 Å². The first-order valence-electron chi connectivity index (χ1n) is 7.19. The van der Waals surface area contributed by atoms with Crippen LogP contribution in [0.1, 0.15) is 38.2 Å². The fourth-order valence-corrected chi connectivity index (χ4v) is 2.79. The van der Waals surface area contributed by atoms with Gasteiger partial charge in [-0.2, -0.15) is 13.2 Å². The number of alkyl halides is 3. The summed E-state index contributed by atoms with van der Waals surface area (Å²) in [7, 11) is 1.79. The molecule has 4 nitrogen and oxygen atoms in total. The number of hydrogen-bond donors (Lipinski definition) is 1. The molecule has 0 atom stereocenters. The van der Waals surface area contributed by atoms with Crippen LogP contribution in [0.5, 0.6) is 0 Å². The zero-order valence-corrected chi connectivity index (χ0v) is 12.5. The van der Waals surface area contributed by atoms with Crippen molar-refractivity contribution in [3.63, 3.8) is 0 Å². The standard InChI is InChI=1S/C14H21F3N4/c1-9(2)11-12(18-3)19-8-20-13(11)21-6-4-10(5-7-21)14(15,16)17/h8-10H,4-7H2,1-3H3,(H,18,19,20). The van der Waals surface area contributed by atoms with Crippen molar-refractivity contribution in [3.8, 4) is 0 Å². The Bertz CT molecular complexity index is 480. The molecule has 0 amide bonds. The molecule has 0 aliphatic carbocycles. The van der Waals surface area contributed by atoms with E-state index in [0.717, 1.165) is 17.2 Å². The summed E-state index contributed by atoms with van der Waals surface area (Å²) < 4.78 is 38.2. The minimum atomic E-state index is -4.09. The quantitative estimate of drug-likeness (QED) is 0.929. The van der Waals surface area contributed by atoms with E-state index in [1.807, 2.05) is 18.7 Å². The molecular formula is C14H21F3N4. The van der Waals surface area contributed by atoms with Gasteiger partial charge in [0, 0.05) is 25.7 Å². The third-order valence-corrected chi connectivity index (χ3v) is 3.93. The Morgan fingerprint density at radius 3 is 2.33 bits per heavy atom. The van der Waals surface area contributed by atoms with Gasteiger partial charge in [-0.25, -0.2) is 9.97 Å². The molecule has 1 aromatic rings. The highest BCUT2D eigenvalue weighted by atomic mass is 19.4. The molecule has 0 radical (unpaired) electrons. The Hall–Kier alpha value is -1.53. The lowest BCUT2D eigenvalue weighted by atomic mass is 9.95. The molecule has 0 unspecified atom stereocenters. The molecule has 2 heterocycles. The second kappa shape index (κ2) is 6.07. The minimum absolute atomic E-state index is 0.125. The lowest BCUT2D eigenvalue weighted by molar-refractivity contribution is -0.179. The van der Waals surface area contributed by atoms with E-state index in [1.165, 1.54) is 6.33 Å². The summed E-state index contributed by atoms with van der Waals surface area (Å²) >= 11 is 0. The SMILES string of the molecule is CNc1ncnc(N2CCC(C(F)(F)F)CC2)c1C(C)C. The number of nitrogens with one attached hydrogen (secondary N) is 1. The summed E-state index contributed by atoms with van der Waals surface area (Å²) in [5, 5.41) is 3.03. The van der Waals surface area contributed by atoms with Crippen LogP contribution in [0.3, 0.4) is 0 Å². The summed E-state index contributed by atoms with van der Waals surface area (Å²) in [5.74, 6) is 0.503. The average Bonchev–Trinajstić information content (AvgIpc) is 2.45. The van der Waals surface area contributed by atoms with Crippen molar-refractivity contribution in [2.45, 2.75) is 38.8 Å². The maximum atomic E-state index is 12.7. The van der Waals surface area contributed by atoms with E-state index in [0.29, 0.717) is 13.1 Å². The maximum absolute atomic E-state index is 12.7. The zero-order valence-electron chi connectivity index (χ0n) is 12.5. The number of anilines is 2. The number of nitrogens with zero attached hydrogens (tertiary/aromatic N) is 3. The van der Waals surface area contributed by atoms with Crippen LogP contribution < -0.4 is 10.2 Å². The molecule has 21 heavy (non-hydrogen) atoms. The second-order valence-electron chi connectivity index (χ2n) is 5.67. The van der Waals surface area contributed by atoms with Crippen LogP contribution in [0.15, 0.2) is 6.33 Å². The molecule has 0 bridgehead atoms. The highest BCUT2D eigenvalue weighted by Gasteiger charge is 2.41. The predicted octanol–water partition coefficient (Wildman–Crippen LogP) is 3.42. The predicted molar refractivity (Wildman–Crippen MR) is 76.7 cm³/mol. The first-order chi connectivity index (χ1) is 9.84. The Labute approximate surface area is 122 Å². The lowest BCUT2D eigenvalue weighted by Crippen LogP contribution is -2.40. The smallest absolute Gasteiger partial charge is 0.373 e. The Balaban J connectivity index is 2.21. The van der Waals surface area contributed by atoms with Crippen molar-refractivity contribution >= 4 is 11.6 Å². The molecule has 0 saturated carbocycles. The summed E-state index contributed by atoms with van der Waals surface area (Å²) in [6.07, 6.45) is -2.38. The summed E-state index contributed by atoms with van der Waals surface area (Å²) in [5.41, 5.74) is 0.963. The van der Waals surface area contributed by atoms with Gasteiger partial charge in [-0.3, -0.25) is 0 Å². The highest BCUT2D eigenvalue weighted by molar-refractivity contribution is 5.60. The van der Waals surface area contributed by atoms with Gasteiger partial charge >= 0.3 is 6.18 Å². The van der Waals surface area contributed by atoms with Crippen LogP contribution in [0.25, 0.3) is 0 Å². The van der Waals surface area contributed by atoms with Crippen LogP contribution in [-0.4, -0.2) is 36.3 Å². The van der Waals surface area contributed by atoms with E-state index in [9.17, 15) is 13.2 Å². The van der Waals surface area contributed by atoms with Crippen molar-refractivity contribution in [2.24, 2.45) is 5.92 Å². The average molecular weight is 302 g/mol. The molecule has 2 rings (SSSR count). The first kappa shape index (κ1) is 15.9. The normalized spacial score (nSPS) is 17.4. The van der Waals surface area contributed by atoms with Gasteiger partial charge in [-0.15, -0.1) is 0 Å². The van der Waals surface area contributed by atoms with Gasteiger partial charge in [0.2, 0.25) is 0 Å². The maximum Gasteiger partial charge on any atom is 0.391 e. The molecule has 1 aliphatic heterocycles. The lowest BCUT2D eigenvalue weighted by Gasteiger charge is -2.35. The van der Waals surface area contributed by atoms with Crippen LogP contribution in [-0.2, 0) is 0 Å². The highest BCUT2D eigenvalue weighted by Crippen LogP contribution is 2.37. The van der Waals surface area contributed by atoms with Crippen molar-refractivity contribution < 1.29 is 13.2 Å².